The highest BCUT2D eigenvalue weighted by molar-refractivity contribution is 5.36. The number of nitrogens with two attached hydrogens (primary N) is 1. The maximum absolute atomic E-state index is 5.87. The fraction of sp³-hybridized carbons (Fsp3) is 0.353. The fourth-order valence-corrected chi connectivity index (χ4v) is 2.30. The summed E-state index contributed by atoms with van der Waals surface area (Å²) in [5.41, 5.74) is 5.05. The van der Waals surface area contributed by atoms with E-state index in [1.807, 2.05) is 56.4 Å². The van der Waals surface area contributed by atoms with Gasteiger partial charge in [-0.15, -0.1) is 0 Å². The van der Waals surface area contributed by atoms with Crippen LogP contribution in [0.15, 0.2) is 48.7 Å². The normalized spacial score (nSPS) is 12.4. The average molecular weight is 285 g/mol. The standard InChI is InChI=1S/C17H23N3O/c1-13(2)21-17-9-4-3-8-15(17)16(20-18)11-10-14-7-5-6-12-19-14/h3-9,12-13,16,20H,10-11,18H2,1-2H3. The minimum absolute atomic E-state index is 0.0435. The van der Waals surface area contributed by atoms with Crippen molar-refractivity contribution in [3.63, 3.8) is 0 Å². The molecule has 0 amide bonds. The lowest BCUT2D eigenvalue weighted by Crippen LogP contribution is -2.29. The lowest BCUT2D eigenvalue weighted by molar-refractivity contribution is 0.237. The van der Waals surface area contributed by atoms with Crippen molar-refractivity contribution in [1.29, 1.82) is 0 Å². The van der Waals surface area contributed by atoms with Gasteiger partial charge in [0.1, 0.15) is 5.75 Å². The molecule has 21 heavy (non-hydrogen) atoms. The second kappa shape index (κ2) is 7.76. The molecule has 0 fully saturated rings. The van der Waals surface area contributed by atoms with Crippen molar-refractivity contribution < 1.29 is 4.74 Å². The number of benzene rings is 1. The topological polar surface area (TPSA) is 60.2 Å². The molecule has 0 aliphatic heterocycles. The van der Waals surface area contributed by atoms with Crippen LogP contribution < -0.4 is 16.0 Å². The van der Waals surface area contributed by atoms with Crippen molar-refractivity contribution in [2.75, 3.05) is 0 Å². The number of aromatic nitrogens is 1. The fourth-order valence-electron chi connectivity index (χ4n) is 2.30. The summed E-state index contributed by atoms with van der Waals surface area (Å²) in [6.07, 6.45) is 3.69. The maximum Gasteiger partial charge on any atom is 0.124 e. The minimum Gasteiger partial charge on any atom is -0.491 e. The highest BCUT2D eigenvalue weighted by Crippen LogP contribution is 2.28. The summed E-state index contributed by atoms with van der Waals surface area (Å²) in [6, 6.07) is 14.0. The quantitative estimate of drug-likeness (QED) is 0.606. The molecule has 1 heterocycles. The largest absolute Gasteiger partial charge is 0.491 e. The Labute approximate surface area is 126 Å². The van der Waals surface area contributed by atoms with E-state index < -0.39 is 0 Å². The third-order valence-electron chi connectivity index (χ3n) is 3.27. The lowest BCUT2D eigenvalue weighted by atomic mass is 10.0. The zero-order chi connectivity index (χ0) is 15.1. The molecule has 0 saturated carbocycles. The Bertz CT molecular complexity index is 543. The van der Waals surface area contributed by atoms with Gasteiger partial charge in [-0.05, 0) is 44.9 Å². The number of hydrogen-bond acceptors (Lipinski definition) is 4. The molecular weight excluding hydrogens is 262 g/mol. The summed E-state index contributed by atoms with van der Waals surface area (Å²) in [5.74, 6) is 6.63. The summed E-state index contributed by atoms with van der Waals surface area (Å²) in [5, 5.41) is 0. The van der Waals surface area contributed by atoms with Crippen molar-refractivity contribution in [2.24, 2.45) is 5.84 Å². The van der Waals surface area contributed by atoms with E-state index in [1.165, 1.54) is 0 Å². The first-order valence-electron chi connectivity index (χ1n) is 7.32. The molecule has 112 valence electrons. The van der Waals surface area contributed by atoms with Gasteiger partial charge < -0.3 is 4.74 Å². The second-order valence-electron chi connectivity index (χ2n) is 5.28. The monoisotopic (exact) mass is 285 g/mol. The lowest BCUT2D eigenvalue weighted by Gasteiger charge is -2.21. The first-order valence-corrected chi connectivity index (χ1v) is 7.32. The molecule has 0 saturated heterocycles. The van der Waals surface area contributed by atoms with Crippen molar-refractivity contribution in [1.82, 2.24) is 10.4 Å². The van der Waals surface area contributed by atoms with E-state index in [1.54, 1.807) is 0 Å². The molecular formula is C17H23N3O. The van der Waals surface area contributed by atoms with Gasteiger partial charge in [0.2, 0.25) is 0 Å². The molecule has 1 aromatic heterocycles. The van der Waals surface area contributed by atoms with Crippen LogP contribution in [0.1, 0.15) is 37.6 Å². The van der Waals surface area contributed by atoms with Gasteiger partial charge in [0.15, 0.2) is 0 Å². The van der Waals surface area contributed by atoms with Gasteiger partial charge in [-0.2, -0.15) is 0 Å². The molecule has 0 spiro atoms. The minimum atomic E-state index is 0.0435. The van der Waals surface area contributed by atoms with E-state index >= 15 is 0 Å². The third kappa shape index (κ3) is 4.55. The van der Waals surface area contributed by atoms with E-state index in [4.69, 9.17) is 10.6 Å². The Kier molecular flexibility index (Phi) is 5.72. The van der Waals surface area contributed by atoms with Gasteiger partial charge in [-0.3, -0.25) is 16.3 Å². The Morgan fingerprint density at radius 2 is 1.90 bits per heavy atom. The number of para-hydroxylation sites is 1. The predicted octanol–water partition coefficient (Wildman–Crippen LogP) is 3.01. The summed E-state index contributed by atoms with van der Waals surface area (Å²) in [4.78, 5) is 4.35. The molecule has 1 atom stereocenters. The van der Waals surface area contributed by atoms with Gasteiger partial charge in [0.05, 0.1) is 6.10 Å². The van der Waals surface area contributed by atoms with Crippen LogP contribution in [0.25, 0.3) is 0 Å². The number of pyridine rings is 1. The zero-order valence-electron chi connectivity index (χ0n) is 12.6. The van der Waals surface area contributed by atoms with Crippen LogP contribution in [-0.2, 0) is 6.42 Å². The number of hydrogen-bond donors (Lipinski definition) is 2. The van der Waals surface area contributed by atoms with E-state index in [9.17, 15) is 0 Å². The molecule has 0 bridgehead atoms. The third-order valence-corrected chi connectivity index (χ3v) is 3.27. The van der Waals surface area contributed by atoms with Gasteiger partial charge >= 0.3 is 0 Å². The van der Waals surface area contributed by atoms with Crippen LogP contribution in [0, 0.1) is 0 Å². The average Bonchev–Trinajstić information content (AvgIpc) is 2.50. The predicted molar refractivity (Wildman–Crippen MR) is 84.8 cm³/mol. The molecule has 3 N–H and O–H groups in total. The molecule has 2 rings (SSSR count). The number of rotatable bonds is 7. The second-order valence-corrected chi connectivity index (χ2v) is 5.28. The van der Waals surface area contributed by atoms with Gasteiger partial charge in [0, 0.05) is 23.5 Å². The number of hydrazine groups is 1. The van der Waals surface area contributed by atoms with Crippen molar-refractivity contribution in [3.8, 4) is 5.75 Å². The Balaban J connectivity index is 2.10. The summed E-state index contributed by atoms with van der Waals surface area (Å²) < 4.78 is 5.87. The van der Waals surface area contributed by atoms with Crippen LogP contribution >= 0.6 is 0 Å². The van der Waals surface area contributed by atoms with Gasteiger partial charge in [-0.25, -0.2) is 0 Å². The highest BCUT2D eigenvalue weighted by Gasteiger charge is 2.15. The van der Waals surface area contributed by atoms with E-state index in [2.05, 4.69) is 16.5 Å². The molecule has 0 aliphatic rings. The van der Waals surface area contributed by atoms with Crippen molar-refractivity contribution in [3.05, 3.63) is 59.9 Å². The highest BCUT2D eigenvalue weighted by atomic mass is 16.5. The van der Waals surface area contributed by atoms with Crippen LogP contribution in [0.3, 0.4) is 0 Å². The van der Waals surface area contributed by atoms with Gasteiger partial charge in [0.25, 0.3) is 0 Å². The van der Waals surface area contributed by atoms with E-state index in [0.29, 0.717) is 0 Å². The molecule has 4 nitrogen and oxygen atoms in total. The van der Waals surface area contributed by atoms with Crippen LogP contribution in [0.5, 0.6) is 5.75 Å². The van der Waals surface area contributed by atoms with Crippen LogP contribution in [0.2, 0.25) is 0 Å². The summed E-state index contributed by atoms with van der Waals surface area (Å²) in [6.45, 7) is 4.05. The molecule has 1 aromatic carbocycles. The smallest absolute Gasteiger partial charge is 0.124 e. The van der Waals surface area contributed by atoms with Crippen LogP contribution in [0.4, 0.5) is 0 Å². The van der Waals surface area contributed by atoms with Crippen LogP contribution in [-0.4, -0.2) is 11.1 Å². The van der Waals surface area contributed by atoms with E-state index in [0.717, 1.165) is 29.8 Å². The molecule has 0 radical (unpaired) electrons. The Morgan fingerprint density at radius 1 is 1.14 bits per heavy atom. The first-order chi connectivity index (χ1) is 10.2. The first kappa shape index (κ1) is 15.5. The summed E-state index contributed by atoms with van der Waals surface area (Å²) in [7, 11) is 0. The number of ether oxygens (including phenoxy) is 1. The van der Waals surface area contributed by atoms with Crippen molar-refractivity contribution >= 4 is 0 Å². The van der Waals surface area contributed by atoms with Gasteiger partial charge in [-0.1, -0.05) is 24.3 Å². The number of nitrogens with one attached hydrogen (secondary N) is 1. The molecule has 4 heteroatoms. The Morgan fingerprint density at radius 3 is 2.57 bits per heavy atom. The molecule has 0 aliphatic carbocycles. The molecule has 1 unspecified atom stereocenters. The maximum atomic E-state index is 5.87. The summed E-state index contributed by atoms with van der Waals surface area (Å²) >= 11 is 0. The Hall–Kier alpha value is -1.91. The SMILES string of the molecule is CC(C)Oc1ccccc1C(CCc1ccccn1)NN. The zero-order valence-corrected chi connectivity index (χ0v) is 12.6. The number of aryl methyl sites for hydroxylation is 1. The molecule has 2 aromatic rings. The number of nitrogens with zero attached hydrogens (tertiary/aromatic N) is 1. The van der Waals surface area contributed by atoms with Crippen molar-refractivity contribution in [2.45, 2.75) is 38.8 Å². The van der Waals surface area contributed by atoms with E-state index in [-0.39, 0.29) is 12.1 Å².